The highest BCUT2D eigenvalue weighted by molar-refractivity contribution is 7.96. The van der Waals surface area contributed by atoms with E-state index in [-0.39, 0.29) is 16.4 Å². The second-order valence-corrected chi connectivity index (χ2v) is 11.8. The normalized spacial score (nSPS) is 24.6. The van der Waals surface area contributed by atoms with Gasteiger partial charge in [0.1, 0.15) is 5.75 Å². The quantitative estimate of drug-likeness (QED) is 0.630. The van der Waals surface area contributed by atoms with Crippen LogP contribution >= 0.6 is 0 Å². The fraction of sp³-hybridized carbons (Fsp3) is 0.474. The highest BCUT2D eigenvalue weighted by Gasteiger charge is 2.48. The first kappa shape index (κ1) is 21.0. The predicted octanol–water partition coefficient (Wildman–Crippen LogP) is 0.247. The topological polar surface area (TPSA) is 110 Å². The number of benzene rings is 1. The average molecular weight is 453 g/mol. The first-order chi connectivity index (χ1) is 14.3. The summed E-state index contributed by atoms with van der Waals surface area (Å²) >= 11 is 0. The molecule has 0 bridgehead atoms. The maximum absolute atomic E-state index is 13.3. The third-order valence-electron chi connectivity index (χ3n) is 5.68. The molecule has 2 aliphatic heterocycles. The largest absolute Gasteiger partial charge is 0.497 e. The van der Waals surface area contributed by atoms with E-state index in [2.05, 4.69) is 9.97 Å². The number of piperazine rings is 1. The number of sulfone groups is 2. The van der Waals surface area contributed by atoms with Crippen LogP contribution in [0.15, 0.2) is 47.6 Å². The van der Waals surface area contributed by atoms with E-state index in [0.717, 1.165) is 0 Å². The molecule has 9 nitrogen and oxygen atoms in total. The van der Waals surface area contributed by atoms with Crippen molar-refractivity contribution in [3.8, 4) is 5.75 Å². The Kier molecular flexibility index (Phi) is 5.69. The van der Waals surface area contributed by atoms with Gasteiger partial charge >= 0.3 is 0 Å². The Morgan fingerprint density at radius 3 is 2.23 bits per heavy atom. The summed E-state index contributed by atoms with van der Waals surface area (Å²) < 4.78 is 56.5. The van der Waals surface area contributed by atoms with Gasteiger partial charge in [-0.15, -0.1) is 0 Å². The Morgan fingerprint density at radius 2 is 1.63 bits per heavy atom. The lowest BCUT2D eigenvalue weighted by molar-refractivity contribution is 0.201. The molecule has 30 heavy (non-hydrogen) atoms. The molecule has 0 saturated carbocycles. The molecule has 0 amide bonds. The lowest BCUT2D eigenvalue weighted by atomic mass is 10.2. The lowest BCUT2D eigenvalue weighted by Crippen LogP contribution is -2.55. The zero-order valence-corrected chi connectivity index (χ0v) is 18.2. The van der Waals surface area contributed by atoms with Crippen LogP contribution in [0.2, 0.25) is 0 Å². The van der Waals surface area contributed by atoms with Gasteiger partial charge in [0.2, 0.25) is 5.95 Å². The number of methoxy groups -OCH3 is 1. The van der Waals surface area contributed by atoms with Crippen LogP contribution in [0.4, 0.5) is 5.95 Å². The first-order valence-corrected chi connectivity index (χ1v) is 13.0. The number of anilines is 1. The minimum Gasteiger partial charge on any atom is -0.497 e. The summed E-state index contributed by atoms with van der Waals surface area (Å²) in [6.07, 6.45) is 3.35. The minimum atomic E-state index is -3.81. The lowest BCUT2D eigenvalue weighted by Gasteiger charge is -2.39. The molecule has 4 rings (SSSR count). The molecule has 1 aromatic heterocycles. The van der Waals surface area contributed by atoms with E-state index in [1.165, 1.54) is 19.2 Å². The van der Waals surface area contributed by atoms with Crippen LogP contribution in [0.5, 0.6) is 5.75 Å². The zero-order valence-electron chi connectivity index (χ0n) is 16.6. The van der Waals surface area contributed by atoms with E-state index in [0.29, 0.717) is 37.9 Å². The Bertz CT molecular complexity index is 1080. The Hall–Kier alpha value is -2.24. The molecule has 11 heteroatoms. The van der Waals surface area contributed by atoms with Crippen LogP contribution in [-0.4, -0.2) is 87.8 Å². The smallest absolute Gasteiger partial charge is 0.225 e. The van der Waals surface area contributed by atoms with Crippen LogP contribution in [-0.2, 0) is 19.7 Å². The van der Waals surface area contributed by atoms with Crippen molar-refractivity contribution in [2.24, 2.45) is 0 Å². The van der Waals surface area contributed by atoms with Crippen molar-refractivity contribution < 1.29 is 21.6 Å². The van der Waals surface area contributed by atoms with E-state index in [9.17, 15) is 16.8 Å². The van der Waals surface area contributed by atoms with Crippen LogP contribution in [0, 0.1) is 0 Å². The second kappa shape index (κ2) is 8.12. The van der Waals surface area contributed by atoms with Gasteiger partial charge in [-0.1, -0.05) is 0 Å². The molecule has 2 saturated heterocycles. The Balaban J connectivity index is 1.54. The number of ether oxygens (including phenoxy) is 1. The van der Waals surface area contributed by atoms with Crippen LogP contribution < -0.4 is 9.64 Å². The van der Waals surface area contributed by atoms with Crippen LogP contribution in [0.3, 0.4) is 0 Å². The maximum Gasteiger partial charge on any atom is 0.225 e. The summed E-state index contributed by atoms with van der Waals surface area (Å²) in [4.78, 5) is 12.6. The highest BCUT2D eigenvalue weighted by Crippen LogP contribution is 2.30. The van der Waals surface area contributed by atoms with Crippen LogP contribution in [0.1, 0.15) is 0 Å². The van der Waals surface area contributed by atoms with Gasteiger partial charge in [0.15, 0.2) is 19.7 Å². The zero-order chi connectivity index (χ0) is 21.4. The molecule has 2 fully saturated rings. The van der Waals surface area contributed by atoms with Crippen molar-refractivity contribution in [2.45, 2.75) is 16.2 Å². The van der Waals surface area contributed by atoms with E-state index < -0.39 is 31.0 Å². The molecule has 2 aliphatic rings. The van der Waals surface area contributed by atoms with Crippen molar-refractivity contribution in [3.63, 3.8) is 0 Å². The third-order valence-corrected chi connectivity index (χ3v) is 9.81. The summed E-state index contributed by atoms with van der Waals surface area (Å²) in [5.41, 5.74) is 0. The molecule has 0 spiro atoms. The average Bonchev–Trinajstić information content (AvgIpc) is 3.11. The number of hydrogen-bond acceptors (Lipinski definition) is 9. The second-order valence-electron chi connectivity index (χ2n) is 7.48. The summed E-state index contributed by atoms with van der Waals surface area (Å²) in [5, 5.41) is -0.990. The molecule has 0 radical (unpaired) electrons. The minimum absolute atomic E-state index is 0.117. The maximum atomic E-state index is 13.3. The molecular weight excluding hydrogens is 428 g/mol. The number of hydrogen-bond donors (Lipinski definition) is 0. The third kappa shape index (κ3) is 4.14. The van der Waals surface area contributed by atoms with Gasteiger partial charge in [0.05, 0.1) is 28.8 Å². The first-order valence-electron chi connectivity index (χ1n) is 9.64. The summed E-state index contributed by atoms with van der Waals surface area (Å²) in [6.45, 7) is 2.31. The SMILES string of the molecule is COc1ccc(S(=O)(=O)C2CS(=O)(=O)CC2N2CCN(c3ncccn3)CC2)cc1. The fourth-order valence-electron chi connectivity index (χ4n) is 4.08. The molecular formula is C19H24N4O5S2. The van der Waals surface area contributed by atoms with Gasteiger partial charge < -0.3 is 9.64 Å². The molecule has 2 aromatic rings. The molecule has 162 valence electrons. The summed E-state index contributed by atoms with van der Waals surface area (Å²) in [6, 6.07) is 7.27. The molecule has 1 aromatic carbocycles. The van der Waals surface area contributed by atoms with E-state index in [1.807, 2.05) is 9.80 Å². The van der Waals surface area contributed by atoms with Crippen molar-refractivity contribution in [3.05, 3.63) is 42.7 Å². The molecule has 2 unspecified atom stereocenters. The van der Waals surface area contributed by atoms with Gasteiger partial charge in [-0.3, -0.25) is 4.90 Å². The van der Waals surface area contributed by atoms with Gasteiger partial charge in [0.25, 0.3) is 0 Å². The number of aromatic nitrogens is 2. The predicted molar refractivity (Wildman–Crippen MR) is 112 cm³/mol. The molecule has 3 heterocycles. The Labute approximate surface area is 176 Å². The van der Waals surface area contributed by atoms with Crippen molar-refractivity contribution in [1.82, 2.24) is 14.9 Å². The van der Waals surface area contributed by atoms with Gasteiger partial charge in [0, 0.05) is 44.6 Å². The Morgan fingerprint density at radius 1 is 1.00 bits per heavy atom. The monoisotopic (exact) mass is 452 g/mol. The highest BCUT2D eigenvalue weighted by atomic mass is 32.2. The molecule has 0 aliphatic carbocycles. The van der Waals surface area contributed by atoms with Gasteiger partial charge in [-0.05, 0) is 30.3 Å². The molecule has 2 atom stereocenters. The summed E-state index contributed by atoms with van der Waals surface area (Å²) in [5.74, 6) is 0.672. The van der Waals surface area contributed by atoms with E-state index >= 15 is 0 Å². The summed E-state index contributed by atoms with van der Waals surface area (Å²) in [7, 11) is -5.76. The fourth-order valence-corrected chi connectivity index (χ4v) is 8.91. The standard InChI is InChI=1S/C19H24N4O5S2/c1-28-15-3-5-16(6-4-15)30(26,27)18-14-29(24,25)13-17(18)22-9-11-23(12-10-22)19-20-7-2-8-21-19/h2-8,17-18H,9-14H2,1H3. The van der Waals surface area contributed by atoms with Gasteiger partial charge in [-0.25, -0.2) is 26.8 Å². The van der Waals surface area contributed by atoms with Gasteiger partial charge in [-0.2, -0.15) is 0 Å². The van der Waals surface area contributed by atoms with E-state index in [4.69, 9.17) is 4.74 Å². The molecule has 0 N–H and O–H groups in total. The number of rotatable bonds is 5. The van der Waals surface area contributed by atoms with Crippen molar-refractivity contribution >= 4 is 25.6 Å². The van der Waals surface area contributed by atoms with E-state index in [1.54, 1.807) is 30.6 Å². The van der Waals surface area contributed by atoms with Crippen LogP contribution in [0.25, 0.3) is 0 Å². The van der Waals surface area contributed by atoms with Crippen molar-refractivity contribution in [2.75, 3.05) is 49.7 Å². The van der Waals surface area contributed by atoms with Crippen molar-refractivity contribution in [1.29, 1.82) is 0 Å². The number of nitrogens with zero attached hydrogens (tertiary/aromatic N) is 4.